The van der Waals surface area contributed by atoms with Crippen molar-refractivity contribution in [3.8, 4) is 16.4 Å². The standard InChI is InChI=1S/C13H12N4S/c1-9-15-16-13(12-11(14)7-8-18-12)17(9)10-5-3-2-4-6-10/h2-8H,14H2,1H3. The molecular weight excluding hydrogens is 244 g/mol. The highest BCUT2D eigenvalue weighted by Crippen LogP contribution is 2.32. The Labute approximate surface area is 109 Å². The van der Waals surface area contributed by atoms with Crippen LogP contribution in [0.25, 0.3) is 16.4 Å². The highest BCUT2D eigenvalue weighted by atomic mass is 32.1. The monoisotopic (exact) mass is 256 g/mol. The molecule has 2 N–H and O–H groups in total. The van der Waals surface area contributed by atoms with Crippen LogP contribution < -0.4 is 5.73 Å². The average molecular weight is 256 g/mol. The number of nitrogen functional groups attached to an aromatic ring is 1. The molecule has 1 aromatic carbocycles. The summed E-state index contributed by atoms with van der Waals surface area (Å²) in [7, 11) is 0. The van der Waals surface area contributed by atoms with Crippen molar-refractivity contribution >= 4 is 17.0 Å². The molecule has 90 valence electrons. The lowest BCUT2D eigenvalue weighted by Gasteiger charge is -2.07. The fourth-order valence-electron chi connectivity index (χ4n) is 1.90. The van der Waals surface area contributed by atoms with E-state index in [4.69, 9.17) is 5.73 Å². The third kappa shape index (κ3) is 1.69. The molecule has 0 saturated carbocycles. The quantitative estimate of drug-likeness (QED) is 0.767. The first-order valence-electron chi connectivity index (χ1n) is 5.58. The molecule has 2 aromatic heterocycles. The molecule has 3 rings (SSSR count). The Hall–Kier alpha value is -2.14. The summed E-state index contributed by atoms with van der Waals surface area (Å²) in [5.74, 6) is 1.65. The number of aromatic nitrogens is 3. The van der Waals surface area contributed by atoms with Crippen molar-refractivity contribution in [2.45, 2.75) is 6.92 Å². The number of nitrogens with two attached hydrogens (primary N) is 1. The van der Waals surface area contributed by atoms with Gasteiger partial charge in [0.1, 0.15) is 5.82 Å². The lowest BCUT2D eigenvalue weighted by molar-refractivity contribution is 0.973. The van der Waals surface area contributed by atoms with Crippen molar-refractivity contribution < 1.29 is 0 Å². The summed E-state index contributed by atoms with van der Waals surface area (Å²) < 4.78 is 2.02. The Bertz CT molecular complexity index is 669. The lowest BCUT2D eigenvalue weighted by atomic mass is 10.3. The summed E-state index contributed by atoms with van der Waals surface area (Å²) in [5, 5.41) is 10.4. The minimum atomic E-state index is 0.740. The van der Waals surface area contributed by atoms with Crippen molar-refractivity contribution in [3.63, 3.8) is 0 Å². The number of nitrogens with zero attached hydrogens (tertiary/aromatic N) is 3. The summed E-state index contributed by atoms with van der Waals surface area (Å²) in [6, 6.07) is 11.9. The molecule has 0 bridgehead atoms. The second kappa shape index (κ2) is 4.27. The zero-order valence-corrected chi connectivity index (χ0v) is 10.7. The minimum absolute atomic E-state index is 0.740. The van der Waals surface area contributed by atoms with Gasteiger partial charge in [0.05, 0.1) is 10.6 Å². The Kier molecular flexibility index (Phi) is 2.60. The van der Waals surface area contributed by atoms with E-state index >= 15 is 0 Å². The smallest absolute Gasteiger partial charge is 0.180 e. The Morgan fingerprint density at radius 3 is 2.56 bits per heavy atom. The van der Waals surface area contributed by atoms with E-state index in [1.165, 1.54) is 0 Å². The van der Waals surface area contributed by atoms with Crippen LogP contribution in [0.15, 0.2) is 41.8 Å². The molecule has 0 aliphatic heterocycles. The second-order valence-corrected chi connectivity index (χ2v) is 4.86. The number of aryl methyl sites for hydroxylation is 1. The summed E-state index contributed by atoms with van der Waals surface area (Å²) in [4.78, 5) is 0.958. The van der Waals surface area contributed by atoms with Crippen LogP contribution in [0.2, 0.25) is 0 Å². The molecule has 0 saturated heterocycles. The van der Waals surface area contributed by atoms with Crippen molar-refractivity contribution in [2.24, 2.45) is 0 Å². The first kappa shape index (κ1) is 11.0. The van der Waals surface area contributed by atoms with Gasteiger partial charge in [-0.1, -0.05) is 18.2 Å². The Balaban J connectivity index is 2.22. The number of rotatable bonds is 2. The second-order valence-electron chi connectivity index (χ2n) is 3.95. The van der Waals surface area contributed by atoms with Gasteiger partial charge in [-0.2, -0.15) is 0 Å². The zero-order valence-electron chi connectivity index (χ0n) is 9.87. The van der Waals surface area contributed by atoms with Gasteiger partial charge >= 0.3 is 0 Å². The van der Waals surface area contributed by atoms with Gasteiger partial charge in [0, 0.05) is 5.69 Å². The first-order valence-corrected chi connectivity index (χ1v) is 6.46. The molecule has 2 heterocycles. The molecule has 0 aliphatic rings. The first-order chi connectivity index (χ1) is 8.77. The van der Waals surface area contributed by atoms with Crippen molar-refractivity contribution in [3.05, 3.63) is 47.6 Å². The molecule has 0 spiro atoms. The van der Waals surface area contributed by atoms with Crippen molar-refractivity contribution in [1.29, 1.82) is 0 Å². The molecule has 4 nitrogen and oxygen atoms in total. The van der Waals surface area contributed by atoms with Crippen molar-refractivity contribution in [1.82, 2.24) is 14.8 Å². The van der Waals surface area contributed by atoms with Gasteiger partial charge in [0.2, 0.25) is 0 Å². The number of para-hydroxylation sites is 1. The van der Waals surface area contributed by atoms with Gasteiger partial charge < -0.3 is 5.73 Å². The normalized spacial score (nSPS) is 10.7. The number of hydrogen-bond donors (Lipinski definition) is 1. The van der Waals surface area contributed by atoms with Crippen LogP contribution in [0.5, 0.6) is 0 Å². The fraction of sp³-hybridized carbons (Fsp3) is 0.0769. The highest BCUT2D eigenvalue weighted by molar-refractivity contribution is 7.14. The predicted octanol–water partition coefficient (Wildman–Crippen LogP) is 2.89. The molecule has 0 fully saturated rings. The minimum Gasteiger partial charge on any atom is -0.397 e. The van der Waals surface area contributed by atoms with E-state index in [1.807, 2.05) is 53.3 Å². The van der Waals surface area contributed by atoms with Crippen LogP contribution in [0, 0.1) is 6.92 Å². The maximum absolute atomic E-state index is 5.96. The molecule has 3 aromatic rings. The van der Waals surface area contributed by atoms with Gasteiger partial charge in [-0.05, 0) is 30.5 Å². The maximum Gasteiger partial charge on any atom is 0.180 e. The highest BCUT2D eigenvalue weighted by Gasteiger charge is 2.15. The van der Waals surface area contributed by atoms with Crippen LogP contribution in [-0.4, -0.2) is 14.8 Å². The zero-order chi connectivity index (χ0) is 12.5. The van der Waals surface area contributed by atoms with E-state index in [9.17, 15) is 0 Å². The molecule has 0 unspecified atom stereocenters. The molecule has 0 atom stereocenters. The third-order valence-corrected chi connectivity index (χ3v) is 3.66. The van der Waals surface area contributed by atoms with Gasteiger partial charge in [0.25, 0.3) is 0 Å². The fourth-order valence-corrected chi connectivity index (χ4v) is 2.69. The van der Waals surface area contributed by atoms with Gasteiger partial charge in [0.15, 0.2) is 5.82 Å². The molecular formula is C13H12N4S. The number of benzene rings is 1. The number of thiophene rings is 1. The summed E-state index contributed by atoms with van der Waals surface area (Å²) in [6.07, 6.45) is 0. The van der Waals surface area contributed by atoms with E-state index in [0.717, 1.165) is 27.9 Å². The van der Waals surface area contributed by atoms with Gasteiger partial charge in [-0.3, -0.25) is 4.57 Å². The topological polar surface area (TPSA) is 56.7 Å². The molecule has 0 aliphatic carbocycles. The Morgan fingerprint density at radius 2 is 1.89 bits per heavy atom. The SMILES string of the molecule is Cc1nnc(-c2sccc2N)n1-c1ccccc1. The summed E-state index contributed by atoms with van der Waals surface area (Å²) >= 11 is 1.58. The van der Waals surface area contributed by atoms with Gasteiger partial charge in [-0.25, -0.2) is 0 Å². The molecule has 18 heavy (non-hydrogen) atoms. The molecule has 0 amide bonds. The van der Waals surface area contributed by atoms with E-state index in [0.29, 0.717) is 0 Å². The lowest BCUT2D eigenvalue weighted by Crippen LogP contribution is -1.99. The summed E-state index contributed by atoms with van der Waals surface area (Å²) in [5.41, 5.74) is 7.74. The number of anilines is 1. The van der Waals surface area contributed by atoms with Crippen LogP contribution in [0.3, 0.4) is 0 Å². The number of hydrogen-bond acceptors (Lipinski definition) is 4. The van der Waals surface area contributed by atoms with Crippen LogP contribution in [0.4, 0.5) is 5.69 Å². The van der Waals surface area contributed by atoms with E-state index < -0.39 is 0 Å². The molecule has 0 radical (unpaired) electrons. The van der Waals surface area contributed by atoms with E-state index in [-0.39, 0.29) is 0 Å². The Morgan fingerprint density at radius 1 is 1.11 bits per heavy atom. The van der Waals surface area contributed by atoms with E-state index in [2.05, 4.69) is 10.2 Å². The van der Waals surface area contributed by atoms with Crippen molar-refractivity contribution in [2.75, 3.05) is 5.73 Å². The summed E-state index contributed by atoms with van der Waals surface area (Å²) in [6.45, 7) is 1.94. The van der Waals surface area contributed by atoms with E-state index in [1.54, 1.807) is 11.3 Å². The van der Waals surface area contributed by atoms with Crippen LogP contribution >= 0.6 is 11.3 Å². The van der Waals surface area contributed by atoms with Crippen LogP contribution in [-0.2, 0) is 0 Å². The third-order valence-electron chi connectivity index (χ3n) is 2.74. The predicted molar refractivity (Wildman–Crippen MR) is 73.8 cm³/mol. The average Bonchev–Trinajstić information content (AvgIpc) is 2.96. The molecule has 5 heteroatoms. The van der Waals surface area contributed by atoms with Crippen LogP contribution in [0.1, 0.15) is 5.82 Å². The maximum atomic E-state index is 5.96. The van der Waals surface area contributed by atoms with Gasteiger partial charge in [-0.15, -0.1) is 21.5 Å². The largest absolute Gasteiger partial charge is 0.397 e.